The van der Waals surface area contributed by atoms with Crippen LogP contribution in [0.1, 0.15) is 42.1 Å². The Labute approximate surface area is 200 Å². The zero-order valence-corrected chi connectivity index (χ0v) is 20.2. The number of esters is 1. The summed E-state index contributed by atoms with van der Waals surface area (Å²) in [7, 11) is 0. The molecule has 2 aliphatic rings. The normalized spacial score (nSPS) is 16.9. The van der Waals surface area contributed by atoms with Gasteiger partial charge in [-0.2, -0.15) is 0 Å². The smallest absolute Gasteiger partial charge is 0.338 e. The Hall–Kier alpha value is -3.65. The lowest BCUT2D eigenvalue weighted by Gasteiger charge is -2.24. The van der Waals surface area contributed by atoms with E-state index in [0.717, 1.165) is 22.3 Å². The second-order valence-electron chi connectivity index (χ2n) is 8.28. The number of fused-ring (bicyclic) bond motifs is 2. The summed E-state index contributed by atoms with van der Waals surface area (Å²) in [6, 6.07) is 10.9. The lowest BCUT2D eigenvalue weighted by molar-refractivity contribution is -0.139. The molecule has 34 heavy (non-hydrogen) atoms. The number of allylic oxidation sites excluding steroid dienone is 1. The molecule has 0 aliphatic carbocycles. The monoisotopic (exact) mass is 476 g/mol. The number of hydrogen-bond donors (Lipinski definition) is 0. The average molecular weight is 477 g/mol. The molecule has 8 heteroatoms. The molecule has 2 aliphatic heterocycles. The molecular weight excluding hydrogens is 452 g/mol. The van der Waals surface area contributed by atoms with Gasteiger partial charge in [-0.05, 0) is 62.6 Å². The van der Waals surface area contributed by atoms with Gasteiger partial charge < -0.3 is 14.2 Å². The Morgan fingerprint density at radius 2 is 1.97 bits per heavy atom. The second kappa shape index (κ2) is 8.61. The van der Waals surface area contributed by atoms with Crippen LogP contribution in [-0.4, -0.2) is 23.9 Å². The van der Waals surface area contributed by atoms with Crippen LogP contribution in [0.4, 0.5) is 0 Å². The fourth-order valence-electron chi connectivity index (χ4n) is 4.25. The molecule has 2 aromatic carbocycles. The topological polar surface area (TPSA) is 79.1 Å². The van der Waals surface area contributed by atoms with E-state index in [1.165, 1.54) is 11.3 Å². The highest BCUT2D eigenvalue weighted by molar-refractivity contribution is 7.07. The van der Waals surface area contributed by atoms with Gasteiger partial charge in [0.15, 0.2) is 16.3 Å². The van der Waals surface area contributed by atoms with Crippen molar-refractivity contribution in [2.45, 2.75) is 33.7 Å². The van der Waals surface area contributed by atoms with Crippen molar-refractivity contribution in [3.8, 4) is 11.5 Å². The van der Waals surface area contributed by atoms with Crippen LogP contribution in [0.5, 0.6) is 11.5 Å². The van der Waals surface area contributed by atoms with Crippen LogP contribution >= 0.6 is 11.3 Å². The molecular formula is C26H24N2O5S. The molecule has 0 spiro atoms. The third-order valence-corrected chi connectivity index (χ3v) is 6.93. The Bertz CT molecular complexity index is 1530. The summed E-state index contributed by atoms with van der Waals surface area (Å²) in [4.78, 5) is 31.9. The number of carbonyl (C=O) groups excluding carboxylic acids is 1. The fraction of sp³-hybridized carbons (Fsp3) is 0.269. The third-order valence-electron chi connectivity index (χ3n) is 5.95. The van der Waals surface area contributed by atoms with Crippen LogP contribution < -0.4 is 24.4 Å². The molecule has 0 saturated carbocycles. The lowest BCUT2D eigenvalue weighted by atomic mass is 9.95. The van der Waals surface area contributed by atoms with E-state index in [0.29, 0.717) is 32.1 Å². The van der Waals surface area contributed by atoms with Crippen LogP contribution in [0.15, 0.2) is 57.5 Å². The highest BCUT2D eigenvalue weighted by Crippen LogP contribution is 2.38. The molecule has 3 heterocycles. The van der Waals surface area contributed by atoms with Crippen molar-refractivity contribution in [1.29, 1.82) is 0 Å². The number of nitrogens with zero attached hydrogens (tertiary/aromatic N) is 2. The van der Waals surface area contributed by atoms with Crippen molar-refractivity contribution in [3.63, 3.8) is 0 Å². The second-order valence-corrected chi connectivity index (χ2v) is 9.28. The molecule has 1 unspecified atom stereocenters. The summed E-state index contributed by atoms with van der Waals surface area (Å²) in [6.07, 6.45) is 1.90. The van der Waals surface area contributed by atoms with Gasteiger partial charge in [-0.3, -0.25) is 9.36 Å². The molecule has 7 nitrogen and oxygen atoms in total. The molecule has 3 aromatic rings. The number of rotatable bonds is 4. The van der Waals surface area contributed by atoms with Gasteiger partial charge in [-0.25, -0.2) is 9.79 Å². The van der Waals surface area contributed by atoms with Gasteiger partial charge in [0.1, 0.15) is 0 Å². The lowest BCUT2D eigenvalue weighted by Crippen LogP contribution is -2.39. The summed E-state index contributed by atoms with van der Waals surface area (Å²) in [5.74, 6) is 0.715. The number of aryl methyl sites for hydroxylation is 2. The van der Waals surface area contributed by atoms with E-state index < -0.39 is 12.0 Å². The van der Waals surface area contributed by atoms with E-state index in [-0.39, 0.29) is 19.0 Å². The predicted octanol–water partition coefficient (Wildman–Crippen LogP) is 3.14. The standard InChI is InChI=1S/C26H24N2O5S/c1-5-31-25(30)22-16(4)27-26-28(23(22)17-8-9-19-20(11-17)33-13-32-19)24(29)21(34-26)12-18-10-14(2)6-7-15(18)3/h6-12,23H,5,13H2,1-4H3/b21-12-. The summed E-state index contributed by atoms with van der Waals surface area (Å²) in [5, 5.41) is 0. The highest BCUT2D eigenvalue weighted by Gasteiger charge is 2.34. The summed E-state index contributed by atoms with van der Waals surface area (Å²) in [6.45, 7) is 7.92. The van der Waals surface area contributed by atoms with Crippen LogP contribution in [0.25, 0.3) is 6.08 Å². The first-order valence-corrected chi connectivity index (χ1v) is 11.9. The SMILES string of the molecule is CCOC(=O)C1=C(C)N=c2s/c(=C\c3cc(C)ccc3C)c(=O)n2C1c1ccc2c(c1)OCO2. The van der Waals surface area contributed by atoms with Gasteiger partial charge in [-0.1, -0.05) is 41.2 Å². The molecule has 5 rings (SSSR count). The van der Waals surface area contributed by atoms with Crippen molar-refractivity contribution < 1.29 is 19.0 Å². The molecule has 0 fully saturated rings. The van der Waals surface area contributed by atoms with E-state index >= 15 is 0 Å². The third kappa shape index (κ3) is 3.74. The highest BCUT2D eigenvalue weighted by atomic mass is 32.1. The fourth-order valence-corrected chi connectivity index (χ4v) is 5.28. The average Bonchev–Trinajstić information content (AvgIpc) is 3.39. The molecule has 174 valence electrons. The zero-order valence-electron chi connectivity index (χ0n) is 19.4. The number of ether oxygens (including phenoxy) is 3. The number of hydrogen-bond acceptors (Lipinski definition) is 7. The molecule has 0 amide bonds. The number of carbonyl (C=O) groups is 1. The summed E-state index contributed by atoms with van der Waals surface area (Å²) in [5.41, 5.74) is 4.55. The van der Waals surface area contributed by atoms with Crippen molar-refractivity contribution in [1.82, 2.24) is 4.57 Å². The van der Waals surface area contributed by atoms with Crippen molar-refractivity contribution in [2.24, 2.45) is 4.99 Å². The maximum atomic E-state index is 13.7. The summed E-state index contributed by atoms with van der Waals surface area (Å²) >= 11 is 1.31. The van der Waals surface area contributed by atoms with Gasteiger partial charge in [-0.15, -0.1) is 0 Å². The van der Waals surface area contributed by atoms with Crippen LogP contribution in [0, 0.1) is 13.8 Å². The molecule has 1 atom stereocenters. The van der Waals surface area contributed by atoms with Gasteiger partial charge in [0.25, 0.3) is 5.56 Å². The van der Waals surface area contributed by atoms with E-state index in [2.05, 4.69) is 11.1 Å². The van der Waals surface area contributed by atoms with Crippen LogP contribution in [-0.2, 0) is 9.53 Å². The zero-order chi connectivity index (χ0) is 24.0. The Morgan fingerprint density at radius 1 is 1.18 bits per heavy atom. The predicted molar refractivity (Wildman–Crippen MR) is 129 cm³/mol. The largest absolute Gasteiger partial charge is 0.463 e. The van der Waals surface area contributed by atoms with E-state index in [9.17, 15) is 9.59 Å². The van der Waals surface area contributed by atoms with Crippen molar-refractivity contribution >= 4 is 23.4 Å². The first-order valence-electron chi connectivity index (χ1n) is 11.0. The molecule has 1 aromatic heterocycles. The van der Waals surface area contributed by atoms with Crippen LogP contribution in [0.2, 0.25) is 0 Å². The quantitative estimate of drug-likeness (QED) is 0.541. The maximum Gasteiger partial charge on any atom is 0.338 e. The maximum absolute atomic E-state index is 13.7. The summed E-state index contributed by atoms with van der Waals surface area (Å²) < 4.78 is 18.5. The minimum absolute atomic E-state index is 0.136. The first-order chi connectivity index (χ1) is 16.4. The van der Waals surface area contributed by atoms with Crippen molar-refractivity contribution in [2.75, 3.05) is 13.4 Å². The number of benzene rings is 2. The van der Waals surface area contributed by atoms with E-state index in [4.69, 9.17) is 14.2 Å². The minimum atomic E-state index is -0.689. The minimum Gasteiger partial charge on any atom is -0.463 e. The van der Waals surface area contributed by atoms with Crippen molar-refractivity contribution in [3.05, 3.63) is 89.6 Å². The van der Waals surface area contributed by atoms with Gasteiger partial charge >= 0.3 is 5.97 Å². The van der Waals surface area contributed by atoms with E-state index in [1.54, 1.807) is 24.5 Å². The molecule has 0 saturated heterocycles. The van der Waals surface area contributed by atoms with Gasteiger partial charge in [0.05, 0.1) is 28.5 Å². The molecule has 0 bridgehead atoms. The molecule has 0 radical (unpaired) electrons. The van der Waals surface area contributed by atoms with E-state index in [1.807, 2.05) is 44.2 Å². The molecule has 0 N–H and O–H groups in total. The Kier molecular flexibility index (Phi) is 5.61. The van der Waals surface area contributed by atoms with Gasteiger partial charge in [0, 0.05) is 0 Å². The Morgan fingerprint density at radius 3 is 2.76 bits per heavy atom. The Balaban J connectivity index is 1.74. The number of aromatic nitrogens is 1. The van der Waals surface area contributed by atoms with Gasteiger partial charge in [0.2, 0.25) is 6.79 Å². The first kappa shape index (κ1) is 22.2. The number of thiazole rings is 1. The van der Waals surface area contributed by atoms with Crippen LogP contribution in [0.3, 0.4) is 0 Å².